The van der Waals surface area contributed by atoms with Crippen LogP contribution >= 0.6 is 24.4 Å². The van der Waals surface area contributed by atoms with Crippen LogP contribution in [0.4, 0.5) is 11.4 Å². The Morgan fingerprint density at radius 2 is 0.974 bits per heavy atom. The number of hydrogen-bond acceptors (Lipinski definition) is 4. The lowest BCUT2D eigenvalue weighted by atomic mass is 10.0. The molecule has 6 nitrogen and oxygen atoms in total. The molecule has 5 rings (SSSR count). The molecule has 0 aliphatic carbocycles. The second-order valence-corrected chi connectivity index (χ2v) is 12.7. The van der Waals surface area contributed by atoms with Crippen LogP contribution in [0.1, 0.15) is 47.2 Å². The lowest BCUT2D eigenvalue weighted by Crippen LogP contribution is -2.45. The third-order valence-corrected chi connectivity index (χ3v) is 9.04. The van der Waals surface area contributed by atoms with E-state index in [1.54, 1.807) is 0 Å². The second kappa shape index (κ2) is 10.6. The molecule has 0 aromatic heterocycles. The first kappa shape index (κ1) is 28.3. The summed E-state index contributed by atoms with van der Waals surface area (Å²) in [6.07, 6.45) is -0.199. The number of anilines is 2. The first-order valence-electron chi connectivity index (χ1n) is 14.0. The summed E-state index contributed by atoms with van der Waals surface area (Å²) in [4.78, 5) is 9.14. The molecule has 39 heavy (non-hydrogen) atoms. The largest absolute Gasteiger partial charge is 0.344 e. The lowest BCUT2D eigenvalue weighted by molar-refractivity contribution is -0.147. The van der Waals surface area contributed by atoms with E-state index in [9.17, 15) is 0 Å². The third kappa shape index (κ3) is 5.53. The standard InChI is InChI=1S/C31H42N4O2S2/c1-19-13-21(3)27(22(4)14-19)34-11-9-32(29(34)38)17-25-26(37-31(7,8)36-25)18-33-10-12-35(30(33)39)28-23(5)15-20(2)16-24(28)6/h13-16,25-26H,9-12,17-18H2,1-8H3/t25-,26-/m0/s1. The molecule has 2 atom stereocenters. The fraction of sp³-hybridized carbons (Fsp3) is 0.548. The van der Waals surface area contributed by atoms with Crippen molar-refractivity contribution in [1.82, 2.24) is 9.80 Å². The number of thiocarbonyl (C=S) groups is 2. The number of aryl methyl sites for hydroxylation is 6. The highest BCUT2D eigenvalue weighted by molar-refractivity contribution is 7.80. The number of ether oxygens (including phenoxy) is 2. The number of benzene rings is 2. The van der Waals surface area contributed by atoms with Crippen LogP contribution in [-0.4, -0.2) is 77.3 Å². The molecule has 3 aliphatic heterocycles. The second-order valence-electron chi connectivity index (χ2n) is 12.0. The van der Waals surface area contributed by atoms with Crippen LogP contribution in [0.25, 0.3) is 0 Å². The fourth-order valence-corrected chi connectivity index (χ4v) is 7.46. The molecule has 0 spiro atoms. The van der Waals surface area contributed by atoms with Gasteiger partial charge in [-0.3, -0.25) is 0 Å². The van der Waals surface area contributed by atoms with Gasteiger partial charge in [0.2, 0.25) is 0 Å². The van der Waals surface area contributed by atoms with Crippen molar-refractivity contribution in [3.63, 3.8) is 0 Å². The van der Waals surface area contributed by atoms with E-state index in [1.165, 1.54) is 44.8 Å². The maximum atomic E-state index is 6.46. The molecular weight excluding hydrogens is 525 g/mol. The number of rotatable bonds is 6. The maximum absolute atomic E-state index is 6.46. The minimum Gasteiger partial charge on any atom is -0.344 e. The Bertz CT molecular complexity index is 1170. The summed E-state index contributed by atoms with van der Waals surface area (Å²) in [5.74, 6) is -0.647. The summed E-state index contributed by atoms with van der Waals surface area (Å²) in [6.45, 7) is 21.9. The van der Waals surface area contributed by atoms with Crippen LogP contribution < -0.4 is 9.80 Å². The fourth-order valence-electron chi connectivity index (χ4n) is 6.77. The van der Waals surface area contributed by atoms with Gasteiger partial charge in [0.05, 0.1) is 0 Å². The lowest BCUT2D eigenvalue weighted by Gasteiger charge is -2.30. The Morgan fingerprint density at radius 1 is 0.641 bits per heavy atom. The molecule has 3 aliphatic rings. The van der Waals surface area contributed by atoms with Crippen molar-refractivity contribution in [2.45, 2.75) is 73.4 Å². The Hall–Kier alpha value is -2.26. The van der Waals surface area contributed by atoms with Gasteiger partial charge in [0.1, 0.15) is 12.2 Å². The average Bonchev–Trinajstić information content (AvgIpc) is 3.44. The van der Waals surface area contributed by atoms with Crippen LogP contribution in [0.5, 0.6) is 0 Å². The highest BCUT2D eigenvalue weighted by Crippen LogP contribution is 2.34. The van der Waals surface area contributed by atoms with E-state index in [0.717, 1.165) is 36.4 Å². The van der Waals surface area contributed by atoms with E-state index in [4.69, 9.17) is 33.9 Å². The highest BCUT2D eigenvalue weighted by atomic mass is 32.1. The Balaban J connectivity index is 1.28. The van der Waals surface area contributed by atoms with E-state index in [0.29, 0.717) is 13.1 Å². The van der Waals surface area contributed by atoms with Gasteiger partial charge in [-0.1, -0.05) is 35.4 Å². The van der Waals surface area contributed by atoms with E-state index in [2.05, 4.69) is 85.4 Å². The Morgan fingerprint density at radius 3 is 1.31 bits per heavy atom. The zero-order chi connectivity index (χ0) is 28.2. The molecule has 2 aromatic carbocycles. The van der Waals surface area contributed by atoms with Crippen molar-refractivity contribution in [3.05, 3.63) is 57.6 Å². The molecule has 2 aromatic rings. The molecule has 0 radical (unpaired) electrons. The molecule has 3 heterocycles. The Labute approximate surface area is 244 Å². The highest BCUT2D eigenvalue weighted by Gasteiger charge is 2.45. The van der Waals surface area contributed by atoms with Gasteiger partial charge < -0.3 is 29.1 Å². The molecule has 8 heteroatoms. The average molecular weight is 567 g/mol. The quantitative estimate of drug-likeness (QED) is 0.420. The van der Waals surface area contributed by atoms with Crippen molar-refractivity contribution < 1.29 is 9.47 Å². The minimum atomic E-state index is -0.647. The maximum Gasteiger partial charge on any atom is 0.176 e. The Kier molecular flexibility index (Phi) is 7.70. The van der Waals surface area contributed by atoms with Gasteiger partial charge >= 0.3 is 0 Å². The predicted molar refractivity (Wildman–Crippen MR) is 168 cm³/mol. The van der Waals surface area contributed by atoms with Crippen molar-refractivity contribution in [2.24, 2.45) is 0 Å². The zero-order valence-electron chi connectivity index (χ0n) is 24.6. The smallest absolute Gasteiger partial charge is 0.176 e. The van der Waals surface area contributed by atoms with E-state index in [-0.39, 0.29) is 12.2 Å². The molecule has 3 fully saturated rings. The molecule has 0 amide bonds. The molecule has 3 saturated heterocycles. The van der Waals surface area contributed by atoms with E-state index >= 15 is 0 Å². The summed E-state index contributed by atoms with van der Waals surface area (Å²) in [5, 5.41) is 1.73. The topological polar surface area (TPSA) is 31.4 Å². The van der Waals surface area contributed by atoms with Gasteiger partial charge in [0.25, 0.3) is 0 Å². The zero-order valence-corrected chi connectivity index (χ0v) is 26.3. The summed E-state index contributed by atoms with van der Waals surface area (Å²) < 4.78 is 12.9. The van der Waals surface area contributed by atoms with Gasteiger partial charge in [0.15, 0.2) is 16.0 Å². The molecule has 210 valence electrons. The van der Waals surface area contributed by atoms with Gasteiger partial charge in [-0.2, -0.15) is 0 Å². The molecule has 0 saturated carbocycles. The van der Waals surface area contributed by atoms with Crippen LogP contribution in [0, 0.1) is 41.5 Å². The van der Waals surface area contributed by atoms with Gasteiger partial charge in [-0.15, -0.1) is 0 Å². The molecular formula is C31H42N4O2S2. The van der Waals surface area contributed by atoms with E-state index < -0.39 is 5.79 Å². The monoisotopic (exact) mass is 566 g/mol. The first-order valence-corrected chi connectivity index (χ1v) is 14.8. The third-order valence-electron chi connectivity index (χ3n) is 8.09. The van der Waals surface area contributed by atoms with Crippen molar-refractivity contribution in [3.8, 4) is 0 Å². The van der Waals surface area contributed by atoms with Gasteiger partial charge in [-0.25, -0.2) is 0 Å². The molecule has 0 unspecified atom stereocenters. The van der Waals surface area contributed by atoms with Crippen LogP contribution in [0.2, 0.25) is 0 Å². The van der Waals surface area contributed by atoms with Gasteiger partial charge in [0, 0.05) is 50.6 Å². The number of hydrogen-bond donors (Lipinski definition) is 0. The molecule has 0 bridgehead atoms. The SMILES string of the molecule is Cc1cc(C)c(N2CCN(C[C@@H]3OC(C)(C)O[C@H]3CN3CCN(c4c(C)cc(C)cc4C)C3=S)C2=S)c(C)c1. The predicted octanol–water partition coefficient (Wildman–Crippen LogP) is 5.57. The van der Waals surface area contributed by atoms with Crippen LogP contribution in [-0.2, 0) is 9.47 Å². The normalized spacial score (nSPS) is 23.1. The summed E-state index contributed by atoms with van der Waals surface area (Å²) >= 11 is 12.0. The van der Waals surface area contributed by atoms with Gasteiger partial charge in [-0.05, 0) is 102 Å². The minimum absolute atomic E-state index is 0.0993. The van der Waals surface area contributed by atoms with Crippen LogP contribution in [0.3, 0.4) is 0 Å². The molecule has 0 N–H and O–H groups in total. The summed E-state index contributed by atoms with van der Waals surface area (Å²) in [6, 6.07) is 8.95. The first-order chi connectivity index (χ1) is 18.3. The van der Waals surface area contributed by atoms with Crippen LogP contribution in [0.15, 0.2) is 24.3 Å². The summed E-state index contributed by atoms with van der Waals surface area (Å²) in [5.41, 5.74) is 10.1. The van der Waals surface area contributed by atoms with Crippen molar-refractivity contribution in [2.75, 3.05) is 49.1 Å². The summed E-state index contributed by atoms with van der Waals surface area (Å²) in [7, 11) is 0. The van der Waals surface area contributed by atoms with Crippen molar-refractivity contribution >= 4 is 46.0 Å². The van der Waals surface area contributed by atoms with E-state index in [1.807, 2.05) is 13.8 Å². The van der Waals surface area contributed by atoms with Crippen molar-refractivity contribution in [1.29, 1.82) is 0 Å². The number of nitrogens with zero attached hydrogens (tertiary/aromatic N) is 4.